The fourth-order valence-corrected chi connectivity index (χ4v) is 5.47. The smallest absolute Gasteiger partial charge is 0.254 e. The molecule has 2 amide bonds. The summed E-state index contributed by atoms with van der Waals surface area (Å²) in [4.78, 5) is 27.4. The Morgan fingerprint density at radius 1 is 1.03 bits per heavy atom. The summed E-state index contributed by atoms with van der Waals surface area (Å²) < 4.78 is 5.71. The van der Waals surface area contributed by atoms with Crippen molar-refractivity contribution in [3.8, 4) is 0 Å². The Bertz CT molecular complexity index is 733. The molecule has 2 bridgehead atoms. The lowest BCUT2D eigenvalue weighted by molar-refractivity contribution is -0.122. The molecule has 4 atom stereocenters. The minimum atomic E-state index is 0. The zero-order valence-electron chi connectivity index (χ0n) is 17.9. The molecular formula is C23H34ClN3O3. The van der Waals surface area contributed by atoms with Crippen LogP contribution in [0, 0.1) is 17.8 Å². The Morgan fingerprint density at radius 2 is 1.60 bits per heavy atom. The number of fused-ring (bicyclic) bond motifs is 2. The lowest BCUT2D eigenvalue weighted by atomic mass is 9.65. The van der Waals surface area contributed by atoms with Gasteiger partial charge in [-0.25, -0.2) is 0 Å². The van der Waals surface area contributed by atoms with Crippen LogP contribution in [0.3, 0.4) is 0 Å². The van der Waals surface area contributed by atoms with Gasteiger partial charge in [0, 0.05) is 36.3 Å². The Morgan fingerprint density at radius 3 is 2.17 bits per heavy atom. The minimum Gasteiger partial charge on any atom is -0.372 e. The van der Waals surface area contributed by atoms with E-state index in [9.17, 15) is 9.59 Å². The fourth-order valence-electron chi connectivity index (χ4n) is 5.47. The molecule has 3 aliphatic rings. The van der Waals surface area contributed by atoms with Gasteiger partial charge in [0.1, 0.15) is 0 Å². The number of amides is 2. The summed E-state index contributed by atoms with van der Waals surface area (Å²) in [5.74, 6) is 1.11. The maximum atomic E-state index is 12.8. The standard InChI is InChI=1S/C23H33N3O3.ClH/c1-14-12-26(13-15(2)29-14)23(28)16-6-8-20(9-7-16)25-22(27)19-10-17-4-3-5-18(11-19)21(17)24;/h6-9,14-15,17-19,21H,3-5,10-13,24H2,1-2H3,(H,25,27);1H. The second kappa shape index (κ2) is 9.67. The second-order valence-electron chi connectivity index (χ2n) is 9.23. The van der Waals surface area contributed by atoms with Gasteiger partial charge < -0.3 is 20.7 Å². The summed E-state index contributed by atoms with van der Waals surface area (Å²) in [5.41, 5.74) is 7.73. The number of benzene rings is 1. The maximum absolute atomic E-state index is 12.8. The highest BCUT2D eigenvalue weighted by atomic mass is 35.5. The monoisotopic (exact) mass is 435 g/mol. The SMILES string of the molecule is CC1CN(C(=O)c2ccc(NC(=O)C3CC4CCCC(C3)C4N)cc2)CC(C)O1.Cl. The van der Waals surface area contributed by atoms with E-state index in [-0.39, 0.29) is 48.4 Å². The molecule has 1 heterocycles. The van der Waals surface area contributed by atoms with Gasteiger partial charge >= 0.3 is 0 Å². The van der Waals surface area contributed by atoms with Crippen molar-refractivity contribution >= 4 is 29.9 Å². The molecule has 3 N–H and O–H groups in total. The maximum Gasteiger partial charge on any atom is 0.254 e. The Balaban J connectivity index is 0.00000256. The number of nitrogens with one attached hydrogen (secondary N) is 1. The normalized spacial score (nSPS) is 33.4. The topological polar surface area (TPSA) is 84.7 Å². The molecule has 2 saturated carbocycles. The first-order chi connectivity index (χ1) is 13.9. The van der Waals surface area contributed by atoms with E-state index in [1.807, 2.05) is 30.9 Å². The van der Waals surface area contributed by atoms with E-state index in [2.05, 4.69) is 5.32 Å². The molecule has 7 heteroatoms. The first-order valence-corrected chi connectivity index (χ1v) is 11.0. The number of hydrogen-bond donors (Lipinski definition) is 2. The number of halogens is 1. The lowest BCUT2D eigenvalue weighted by Crippen LogP contribution is -2.48. The zero-order valence-corrected chi connectivity index (χ0v) is 18.7. The van der Waals surface area contributed by atoms with Gasteiger partial charge in [-0.2, -0.15) is 0 Å². The highest BCUT2D eigenvalue weighted by Gasteiger charge is 2.40. The average Bonchev–Trinajstić information content (AvgIpc) is 2.67. The number of carbonyl (C=O) groups excluding carboxylic acids is 2. The van der Waals surface area contributed by atoms with Crippen molar-refractivity contribution in [2.75, 3.05) is 18.4 Å². The Hall–Kier alpha value is -1.63. The first kappa shape index (κ1) is 23.0. The summed E-state index contributed by atoms with van der Waals surface area (Å²) in [6.07, 6.45) is 5.43. The van der Waals surface area contributed by atoms with Crippen molar-refractivity contribution in [1.29, 1.82) is 0 Å². The van der Waals surface area contributed by atoms with E-state index in [1.165, 1.54) is 6.42 Å². The van der Waals surface area contributed by atoms with Crippen molar-refractivity contribution < 1.29 is 14.3 Å². The molecule has 1 saturated heterocycles. The van der Waals surface area contributed by atoms with E-state index in [1.54, 1.807) is 12.1 Å². The molecule has 1 aromatic carbocycles. The minimum absolute atomic E-state index is 0. The molecule has 4 unspecified atom stereocenters. The number of anilines is 1. The van der Waals surface area contributed by atoms with Crippen LogP contribution in [0.2, 0.25) is 0 Å². The van der Waals surface area contributed by atoms with Crippen molar-refractivity contribution in [2.45, 2.75) is 64.2 Å². The van der Waals surface area contributed by atoms with Gasteiger partial charge in [-0.3, -0.25) is 9.59 Å². The van der Waals surface area contributed by atoms with Crippen LogP contribution in [-0.2, 0) is 9.53 Å². The van der Waals surface area contributed by atoms with E-state index in [4.69, 9.17) is 10.5 Å². The van der Waals surface area contributed by atoms with Gasteiger partial charge in [-0.15, -0.1) is 12.4 Å². The van der Waals surface area contributed by atoms with Gasteiger partial charge in [0.25, 0.3) is 5.91 Å². The van der Waals surface area contributed by atoms with Crippen LogP contribution in [0.5, 0.6) is 0 Å². The third-order valence-electron chi connectivity index (χ3n) is 6.89. The average molecular weight is 436 g/mol. The molecule has 30 heavy (non-hydrogen) atoms. The van der Waals surface area contributed by atoms with E-state index in [0.717, 1.165) is 31.4 Å². The van der Waals surface area contributed by atoms with Gasteiger partial charge in [-0.05, 0) is 75.6 Å². The predicted octanol–water partition coefficient (Wildman–Crippen LogP) is 3.45. The molecule has 3 fully saturated rings. The van der Waals surface area contributed by atoms with Gasteiger partial charge in [0.15, 0.2) is 0 Å². The number of nitrogens with zero attached hydrogens (tertiary/aromatic N) is 1. The highest BCUT2D eigenvalue weighted by Crippen LogP contribution is 2.42. The van der Waals surface area contributed by atoms with E-state index >= 15 is 0 Å². The summed E-state index contributed by atoms with van der Waals surface area (Å²) >= 11 is 0. The zero-order chi connectivity index (χ0) is 20.5. The van der Waals surface area contributed by atoms with Crippen LogP contribution >= 0.6 is 12.4 Å². The molecule has 0 aromatic heterocycles. The largest absolute Gasteiger partial charge is 0.372 e. The molecule has 1 aromatic rings. The molecule has 0 radical (unpaired) electrons. The second-order valence-corrected chi connectivity index (χ2v) is 9.23. The van der Waals surface area contributed by atoms with Crippen molar-refractivity contribution in [3.05, 3.63) is 29.8 Å². The molecule has 0 spiro atoms. The van der Waals surface area contributed by atoms with Crippen molar-refractivity contribution in [2.24, 2.45) is 23.5 Å². The molecule has 6 nitrogen and oxygen atoms in total. The van der Waals surface area contributed by atoms with Crippen molar-refractivity contribution in [3.63, 3.8) is 0 Å². The molecule has 2 aliphatic carbocycles. The third-order valence-corrected chi connectivity index (χ3v) is 6.89. The van der Waals surface area contributed by atoms with E-state index < -0.39 is 0 Å². The quantitative estimate of drug-likeness (QED) is 0.761. The van der Waals surface area contributed by atoms with Crippen LogP contribution in [0.25, 0.3) is 0 Å². The summed E-state index contributed by atoms with van der Waals surface area (Å²) in [6.45, 7) is 5.18. The lowest BCUT2D eigenvalue weighted by Gasteiger charge is -2.43. The number of hydrogen-bond acceptors (Lipinski definition) is 4. The summed E-state index contributed by atoms with van der Waals surface area (Å²) in [7, 11) is 0. The first-order valence-electron chi connectivity index (χ1n) is 11.0. The molecule has 1 aliphatic heterocycles. The number of nitrogens with two attached hydrogens (primary N) is 1. The van der Waals surface area contributed by atoms with Crippen LogP contribution in [0.4, 0.5) is 5.69 Å². The van der Waals surface area contributed by atoms with Gasteiger partial charge in [-0.1, -0.05) is 6.42 Å². The number of ether oxygens (including phenoxy) is 1. The van der Waals surface area contributed by atoms with Gasteiger partial charge in [0.2, 0.25) is 5.91 Å². The van der Waals surface area contributed by atoms with Crippen LogP contribution in [0.15, 0.2) is 24.3 Å². The van der Waals surface area contributed by atoms with Crippen LogP contribution in [-0.4, -0.2) is 48.1 Å². The van der Waals surface area contributed by atoms with Crippen molar-refractivity contribution in [1.82, 2.24) is 4.90 Å². The predicted molar refractivity (Wildman–Crippen MR) is 120 cm³/mol. The van der Waals surface area contributed by atoms with Crippen LogP contribution < -0.4 is 11.1 Å². The summed E-state index contributed by atoms with van der Waals surface area (Å²) in [6, 6.07) is 7.52. The third kappa shape index (κ3) is 4.98. The number of carbonyl (C=O) groups is 2. The summed E-state index contributed by atoms with van der Waals surface area (Å²) in [5, 5.41) is 3.05. The molecular weight excluding hydrogens is 402 g/mol. The highest BCUT2D eigenvalue weighted by molar-refractivity contribution is 5.96. The van der Waals surface area contributed by atoms with E-state index in [0.29, 0.717) is 30.5 Å². The molecule has 166 valence electrons. The number of morpholine rings is 1. The number of rotatable bonds is 3. The van der Waals surface area contributed by atoms with Gasteiger partial charge in [0.05, 0.1) is 12.2 Å². The van der Waals surface area contributed by atoms with Crippen LogP contribution in [0.1, 0.15) is 56.3 Å². The Labute approximate surface area is 185 Å². The molecule has 4 rings (SSSR count). The Kier molecular flexibility index (Phi) is 7.43. The fraction of sp³-hybridized carbons (Fsp3) is 0.652.